The highest BCUT2D eigenvalue weighted by Gasteiger charge is 2.24. The van der Waals surface area contributed by atoms with E-state index in [2.05, 4.69) is 10.7 Å². The van der Waals surface area contributed by atoms with Crippen molar-refractivity contribution in [3.8, 4) is 0 Å². The molecular weight excluding hydrogens is 229 g/mol. The maximum absolute atomic E-state index is 11.0. The summed E-state index contributed by atoms with van der Waals surface area (Å²) >= 11 is 0. The molecule has 2 heterocycles. The number of hydrogen-bond acceptors (Lipinski definition) is 4. The zero-order valence-electron chi connectivity index (χ0n) is 10.6. The van der Waals surface area contributed by atoms with Gasteiger partial charge in [0.2, 0.25) is 0 Å². The predicted octanol–water partition coefficient (Wildman–Crippen LogP) is 0.0948. The number of nitrogens with zero attached hydrogens (tertiary/aromatic N) is 1. The molecule has 2 aliphatic heterocycles. The maximum Gasteiger partial charge on any atom is 0.333 e. The summed E-state index contributed by atoms with van der Waals surface area (Å²) in [5.41, 5.74) is 7.06. The fraction of sp³-hybridized carbons (Fsp3) is 0.417. The van der Waals surface area contributed by atoms with Crippen molar-refractivity contribution in [2.45, 2.75) is 13.3 Å². The molecule has 6 heteroatoms. The summed E-state index contributed by atoms with van der Waals surface area (Å²) in [4.78, 5) is 11.0. The Labute approximate surface area is 108 Å². The van der Waals surface area contributed by atoms with Crippen molar-refractivity contribution >= 4 is 13.8 Å². The lowest BCUT2D eigenvalue weighted by atomic mass is 9.90. The van der Waals surface area contributed by atoms with E-state index in [0.717, 1.165) is 28.9 Å². The van der Waals surface area contributed by atoms with Crippen molar-refractivity contribution in [1.29, 1.82) is 0 Å². The monoisotopic (exact) mass is 245 g/mol. The highest BCUT2D eigenvalue weighted by molar-refractivity contribution is 6.22. The number of aliphatic carboxylic acids is 1. The van der Waals surface area contributed by atoms with E-state index in [1.165, 1.54) is 0 Å². The highest BCUT2D eigenvalue weighted by Crippen LogP contribution is 2.26. The second-order valence-electron chi connectivity index (χ2n) is 4.35. The van der Waals surface area contributed by atoms with Gasteiger partial charge >= 0.3 is 5.97 Å². The molecule has 0 aliphatic carbocycles. The van der Waals surface area contributed by atoms with Crippen LogP contribution in [0, 0.1) is 0 Å². The van der Waals surface area contributed by atoms with Gasteiger partial charge in [-0.3, -0.25) is 0 Å². The molecule has 0 aromatic heterocycles. The molecule has 0 unspecified atom stereocenters. The lowest BCUT2D eigenvalue weighted by Crippen LogP contribution is -2.34. The van der Waals surface area contributed by atoms with E-state index in [1.807, 2.05) is 19.0 Å². The van der Waals surface area contributed by atoms with Gasteiger partial charge in [0, 0.05) is 20.1 Å². The number of hydrazine groups is 1. The lowest BCUT2D eigenvalue weighted by molar-refractivity contribution is -0.132. The van der Waals surface area contributed by atoms with Gasteiger partial charge in [-0.25, -0.2) is 10.2 Å². The van der Waals surface area contributed by atoms with Crippen LogP contribution in [-0.4, -0.2) is 44.1 Å². The van der Waals surface area contributed by atoms with E-state index in [4.69, 9.17) is 13.0 Å². The van der Waals surface area contributed by atoms with Crippen molar-refractivity contribution < 1.29 is 9.90 Å². The summed E-state index contributed by atoms with van der Waals surface area (Å²) in [5.74, 6) is -0.882. The first kappa shape index (κ1) is 12.8. The van der Waals surface area contributed by atoms with E-state index in [-0.39, 0.29) is 0 Å². The number of likely N-dealkylation sites (N-methyl/N-ethyl adjacent to an activating group) is 1. The largest absolute Gasteiger partial charge is 0.478 e. The molecule has 0 bridgehead atoms. The molecule has 94 valence electrons. The predicted molar refractivity (Wildman–Crippen MR) is 69.6 cm³/mol. The molecule has 0 aromatic rings. The minimum atomic E-state index is -0.882. The third kappa shape index (κ3) is 2.16. The summed E-state index contributed by atoms with van der Waals surface area (Å²) in [7, 11) is 7.87. The molecule has 0 amide bonds. The molecule has 18 heavy (non-hydrogen) atoms. The minimum Gasteiger partial charge on any atom is -0.478 e. The van der Waals surface area contributed by atoms with Crippen molar-refractivity contribution in [3.05, 3.63) is 34.1 Å². The number of hydrogen-bond donors (Lipinski definition) is 3. The summed E-state index contributed by atoms with van der Waals surface area (Å²) in [6.45, 7) is 2.93. The number of dihydropyridines is 1. The van der Waals surface area contributed by atoms with Gasteiger partial charge < -0.3 is 15.4 Å². The molecule has 5 nitrogen and oxygen atoms in total. The summed E-state index contributed by atoms with van der Waals surface area (Å²) in [5, 5.41) is 14.1. The van der Waals surface area contributed by atoms with Gasteiger partial charge in [0.25, 0.3) is 0 Å². The molecule has 0 spiro atoms. The van der Waals surface area contributed by atoms with Crippen LogP contribution in [0.4, 0.5) is 0 Å². The number of allylic oxidation sites excluding steroid dienone is 2. The van der Waals surface area contributed by atoms with E-state index in [0.29, 0.717) is 18.7 Å². The van der Waals surface area contributed by atoms with Gasteiger partial charge in [-0.2, -0.15) is 0 Å². The second-order valence-corrected chi connectivity index (χ2v) is 4.35. The van der Waals surface area contributed by atoms with Gasteiger partial charge in [-0.15, -0.1) is 0 Å². The van der Waals surface area contributed by atoms with Crippen LogP contribution in [-0.2, 0) is 4.79 Å². The first-order chi connectivity index (χ1) is 8.54. The van der Waals surface area contributed by atoms with Crippen LogP contribution in [0.15, 0.2) is 34.1 Å². The van der Waals surface area contributed by atoms with Crippen LogP contribution in [0.5, 0.6) is 0 Å². The molecule has 0 aromatic carbocycles. The lowest BCUT2D eigenvalue weighted by Gasteiger charge is -2.26. The Morgan fingerprint density at radius 3 is 2.78 bits per heavy atom. The molecule has 0 atom stereocenters. The first-order valence-electron chi connectivity index (χ1n) is 5.91. The van der Waals surface area contributed by atoms with Crippen LogP contribution >= 0.6 is 0 Å². The molecule has 0 saturated carbocycles. The van der Waals surface area contributed by atoms with Crippen molar-refractivity contribution in [1.82, 2.24) is 15.8 Å². The molecule has 3 N–H and O–H groups in total. The SMILES string of the molecule is [B]C1=C(C2=C(CC)C=C(C(=O)O)CN2)N(C)NC1. The number of nitrogens with one attached hydrogen (secondary N) is 2. The topological polar surface area (TPSA) is 64.6 Å². The van der Waals surface area contributed by atoms with Crippen molar-refractivity contribution in [3.63, 3.8) is 0 Å². The van der Waals surface area contributed by atoms with E-state index in [9.17, 15) is 4.79 Å². The molecule has 2 aliphatic rings. The van der Waals surface area contributed by atoms with Crippen LogP contribution in [0.2, 0.25) is 0 Å². The Bertz CT molecular complexity index is 480. The van der Waals surface area contributed by atoms with Crippen LogP contribution in [0.1, 0.15) is 13.3 Å². The summed E-state index contributed by atoms with van der Waals surface area (Å²) in [6, 6.07) is 0. The smallest absolute Gasteiger partial charge is 0.333 e. The van der Waals surface area contributed by atoms with Gasteiger partial charge in [0.15, 0.2) is 0 Å². The highest BCUT2D eigenvalue weighted by atomic mass is 16.4. The van der Waals surface area contributed by atoms with Gasteiger partial charge in [0.05, 0.1) is 17.0 Å². The Morgan fingerprint density at radius 1 is 1.56 bits per heavy atom. The summed E-state index contributed by atoms with van der Waals surface area (Å²) in [6.07, 6.45) is 2.49. The molecule has 0 fully saturated rings. The Morgan fingerprint density at radius 2 is 2.28 bits per heavy atom. The van der Waals surface area contributed by atoms with E-state index < -0.39 is 5.97 Å². The molecule has 0 saturated heterocycles. The third-order valence-corrected chi connectivity index (χ3v) is 3.16. The first-order valence-corrected chi connectivity index (χ1v) is 5.91. The van der Waals surface area contributed by atoms with Gasteiger partial charge in [-0.05, 0) is 18.1 Å². The zero-order valence-corrected chi connectivity index (χ0v) is 10.6. The number of carboxylic acids is 1. The fourth-order valence-corrected chi connectivity index (χ4v) is 2.19. The minimum absolute atomic E-state index is 0.318. The average Bonchev–Trinajstić information content (AvgIpc) is 2.68. The van der Waals surface area contributed by atoms with Crippen LogP contribution in [0.25, 0.3) is 0 Å². The zero-order chi connectivity index (χ0) is 13.3. The molecule has 2 rings (SSSR count). The fourth-order valence-electron chi connectivity index (χ4n) is 2.19. The van der Waals surface area contributed by atoms with Gasteiger partial charge in [-0.1, -0.05) is 12.4 Å². The Hall–Kier alpha value is -1.69. The second kappa shape index (κ2) is 4.90. The number of carbonyl (C=O) groups is 1. The Balaban J connectivity index is 2.43. The van der Waals surface area contributed by atoms with Gasteiger partial charge in [0.1, 0.15) is 7.85 Å². The van der Waals surface area contributed by atoms with Crippen molar-refractivity contribution in [2.75, 3.05) is 20.1 Å². The molecular formula is C12H16BN3O2. The van der Waals surface area contributed by atoms with E-state index >= 15 is 0 Å². The third-order valence-electron chi connectivity index (χ3n) is 3.16. The van der Waals surface area contributed by atoms with Crippen LogP contribution in [0.3, 0.4) is 0 Å². The van der Waals surface area contributed by atoms with Crippen LogP contribution < -0.4 is 10.7 Å². The standard InChI is InChI=1S/C12H16BN3O2/c1-3-7-4-8(12(17)18)5-14-10(7)11-9(13)6-15-16(11)2/h4,14-15H,3,5-6H2,1-2H3,(H,17,18). The number of rotatable bonds is 3. The number of carboxylic acid groups (broad SMARTS) is 1. The quantitative estimate of drug-likeness (QED) is 0.615. The maximum atomic E-state index is 11.0. The van der Waals surface area contributed by atoms with E-state index in [1.54, 1.807) is 6.08 Å². The summed E-state index contributed by atoms with van der Waals surface area (Å²) < 4.78 is 0. The molecule has 2 radical (unpaired) electrons. The average molecular weight is 245 g/mol. The van der Waals surface area contributed by atoms with Crippen molar-refractivity contribution in [2.24, 2.45) is 0 Å². The normalized spacial score (nSPS) is 20.1. The Kier molecular flexibility index (Phi) is 3.47.